The maximum atomic E-state index is 6.01. The Morgan fingerprint density at radius 1 is 1.10 bits per heavy atom. The molecule has 1 heterocycles. The highest BCUT2D eigenvalue weighted by Gasteiger charge is 2.21. The summed E-state index contributed by atoms with van der Waals surface area (Å²) < 4.78 is 17.1. The quantitative estimate of drug-likeness (QED) is 0.841. The standard InChI is InChI=1S/C17H23NO3/c1-4-11-19-14-6-8-15(9-7-14)21-17(13(3)18)16-10-5-12(2)20-16/h5-10,13,17H,4,11,18H2,1-3H3. The summed E-state index contributed by atoms with van der Waals surface area (Å²) in [5, 5.41) is 0. The highest BCUT2D eigenvalue weighted by Crippen LogP contribution is 2.27. The number of hydrogen-bond acceptors (Lipinski definition) is 4. The minimum absolute atomic E-state index is 0.174. The largest absolute Gasteiger partial charge is 0.494 e. The fourth-order valence-corrected chi connectivity index (χ4v) is 2.01. The summed E-state index contributed by atoms with van der Waals surface area (Å²) in [6, 6.07) is 11.2. The van der Waals surface area contributed by atoms with Gasteiger partial charge in [0.1, 0.15) is 23.0 Å². The van der Waals surface area contributed by atoms with Gasteiger partial charge in [-0.3, -0.25) is 0 Å². The van der Waals surface area contributed by atoms with Crippen molar-refractivity contribution >= 4 is 0 Å². The van der Waals surface area contributed by atoms with Crippen LogP contribution in [0.4, 0.5) is 0 Å². The van der Waals surface area contributed by atoms with E-state index in [0.717, 1.165) is 29.4 Å². The molecule has 2 atom stereocenters. The van der Waals surface area contributed by atoms with Gasteiger partial charge < -0.3 is 19.6 Å². The van der Waals surface area contributed by atoms with Crippen molar-refractivity contribution in [2.24, 2.45) is 5.73 Å². The molecular formula is C17H23NO3. The van der Waals surface area contributed by atoms with Crippen molar-refractivity contribution in [3.05, 3.63) is 47.9 Å². The molecule has 21 heavy (non-hydrogen) atoms. The molecule has 0 spiro atoms. The topological polar surface area (TPSA) is 57.6 Å². The van der Waals surface area contributed by atoms with E-state index in [1.54, 1.807) is 0 Å². The number of aryl methyl sites for hydroxylation is 1. The van der Waals surface area contributed by atoms with E-state index in [-0.39, 0.29) is 12.1 Å². The van der Waals surface area contributed by atoms with Crippen LogP contribution in [-0.2, 0) is 0 Å². The van der Waals surface area contributed by atoms with Crippen LogP contribution in [0.3, 0.4) is 0 Å². The Hall–Kier alpha value is -1.94. The first-order valence-corrected chi connectivity index (χ1v) is 7.31. The number of benzene rings is 1. The number of furan rings is 1. The molecule has 114 valence electrons. The lowest BCUT2D eigenvalue weighted by molar-refractivity contribution is 0.151. The van der Waals surface area contributed by atoms with Gasteiger partial charge in [0, 0.05) is 6.04 Å². The average Bonchev–Trinajstić information content (AvgIpc) is 2.89. The fourth-order valence-electron chi connectivity index (χ4n) is 2.01. The zero-order valence-electron chi connectivity index (χ0n) is 12.8. The van der Waals surface area contributed by atoms with Gasteiger partial charge in [0.2, 0.25) is 0 Å². The van der Waals surface area contributed by atoms with Crippen molar-refractivity contribution in [1.29, 1.82) is 0 Å². The summed E-state index contributed by atoms with van der Waals surface area (Å²) in [6.45, 7) is 6.60. The summed E-state index contributed by atoms with van der Waals surface area (Å²) in [5.74, 6) is 3.18. The third-order valence-electron chi connectivity index (χ3n) is 3.08. The van der Waals surface area contributed by atoms with E-state index in [9.17, 15) is 0 Å². The fraction of sp³-hybridized carbons (Fsp3) is 0.412. The van der Waals surface area contributed by atoms with Crippen LogP contribution in [0.2, 0.25) is 0 Å². The molecule has 1 aromatic carbocycles. The lowest BCUT2D eigenvalue weighted by atomic mass is 10.1. The molecule has 0 saturated carbocycles. The van der Waals surface area contributed by atoms with Gasteiger partial charge in [-0.1, -0.05) is 6.92 Å². The van der Waals surface area contributed by atoms with Gasteiger partial charge in [0.25, 0.3) is 0 Å². The zero-order valence-corrected chi connectivity index (χ0v) is 12.8. The Morgan fingerprint density at radius 2 is 1.76 bits per heavy atom. The van der Waals surface area contributed by atoms with Gasteiger partial charge in [-0.25, -0.2) is 0 Å². The number of rotatable bonds is 7. The van der Waals surface area contributed by atoms with E-state index in [0.29, 0.717) is 6.61 Å². The molecule has 4 nitrogen and oxygen atoms in total. The summed E-state index contributed by atoms with van der Waals surface area (Å²) in [4.78, 5) is 0. The predicted octanol–water partition coefficient (Wildman–Crippen LogP) is 3.84. The van der Waals surface area contributed by atoms with Crippen molar-refractivity contribution in [3.63, 3.8) is 0 Å². The van der Waals surface area contributed by atoms with Crippen LogP contribution in [0, 0.1) is 6.92 Å². The zero-order chi connectivity index (χ0) is 15.2. The van der Waals surface area contributed by atoms with Crippen molar-refractivity contribution < 1.29 is 13.9 Å². The molecular weight excluding hydrogens is 266 g/mol. The van der Waals surface area contributed by atoms with E-state index in [4.69, 9.17) is 19.6 Å². The van der Waals surface area contributed by atoms with Crippen LogP contribution in [-0.4, -0.2) is 12.6 Å². The minimum Gasteiger partial charge on any atom is -0.494 e. The molecule has 0 fully saturated rings. The molecule has 0 aliphatic heterocycles. The Balaban J connectivity index is 2.07. The van der Waals surface area contributed by atoms with Gasteiger partial charge in [0.15, 0.2) is 6.10 Å². The second-order valence-corrected chi connectivity index (χ2v) is 5.17. The molecule has 2 aromatic rings. The molecule has 2 unspecified atom stereocenters. The first kappa shape index (κ1) is 15.4. The van der Waals surface area contributed by atoms with Crippen molar-refractivity contribution in [2.45, 2.75) is 39.3 Å². The monoisotopic (exact) mass is 289 g/mol. The summed E-state index contributed by atoms with van der Waals surface area (Å²) in [7, 11) is 0. The Morgan fingerprint density at radius 3 is 2.29 bits per heavy atom. The van der Waals surface area contributed by atoms with E-state index in [2.05, 4.69) is 6.92 Å². The lowest BCUT2D eigenvalue weighted by Crippen LogP contribution is -2.28. The van der Waals surface area contributed by atoms with Crippen LogP contribution in [0.15, 0.2) is 40.8 Å². The second-order valence-electron chi connectivity index (χ2n) is 5.17. The van der Waals surface area contributed by atoms with Crippen LogP contribution < -0.4 is 15.2 Å². The first-order chi connectivity index (χ1) is 10.1. The maximum Gasteiger partial charge on any atom is 0.171 e. The molecule has 4 heteroatoms. The molecule has 0 aliphatic carbocycles. The average molecular weight is 289 g/mol. The molecule has 0 aliphatic rings. The number of nitrogens with two attached hydrogens (primary N) is 1. The van der Waals surface area contributed by atoms with Crippen LogP contribution in [0.1, 0.15) is 37.9 Å². The predicted molar refractivity (Wildman–Crippen MR) is 82.7 cm³/mol. The van der Waals surface area contributed by atoms with E-state index in [1.807, 2.05) is 50.2 Å². The third kappa shape index (κ3) is 4.26. The minimum atomic E-state index is -0.305. The van der Waals surface area contributed by atoms with E-state index < -0.39 is 0 Å². The number of ether oxygens (including phenoxy) is 2. The lowest BCUT2D eigenvalue weighted by Gasteiger charge is -2.20. The molecule has 1 aromatic heterocycles. The van der Waals surface area contributed by atoms with Crippen molar-refractivity contribution in [1.82, 2.24) is 0 Å². The van der Waals surface area contributed by atoms with Crippen molar-refractivity contribution in [2.75, 3.05) is 6.61 Å². The SMILES string of the molecule is CCCOc1ccc(OC(c2ccc(C)o2)C(C)N)cc1. The summed E-state index contributed by atoms with van der Waals surface area (Å²) in [5.41, 5.74) is 6.01. The maximum absolute atomic E-state index is 6.01. The molecule has 2 N–H and O–H groups in total. The molecule has 0 radical (unpaired) electrons. The highest BCUT2D eigenvalue weighted by atomic mass is 16.5. The summed E-state index contributed by atoms with van der Waals surface area (Å²) >= 11 is 0. The Kier molecular flexibility index (Phi) is 5.28. The van der Waals surface area contributed by atoms with Crippen LogP contribution in [0.5, 0.6) is 11.5 Å². The molecule has 2 rings (SSSR count). The Bertz CT molecular complexity index is 545. The van der Waals surface area contributed by atoms with Gasteiger partial charge in [-0.2, -0.15) is 0 Å². The normalized spacial score (nSPS) is 13.7. The second kappa shape index (κ2) is 7.18. The molecule has 0 amide bonds. The Labute approximate surface area is 125 Å². The van der Waals surface area contributed by atoms with E-state index in [1.165, 1.54) is 0 Å². The highest BCUT2D eigenvalue weighted by molar-refractivity contribution is 5.31. The van der Waals surface area contributed by atoms with Gasteiger partial charge >= 0.3 is 0 Å². The third-order valence-corrected chi connectivity index (χ3v) is 3.08. The smallest absolute Gasteiger partial charge is 0.171 e. The van der Waals surface area contributed by atoms with Crippen molar-refractivity contribution in [3.8, 4) is 11.5 Å². The number of hydrogen-bond donors (Lipinski definition) is 1. The summed E-state index contributed by atoms with van der Waals surface area (Å²) in [6.07, 6.45) is 0.684. The molecule has 0 saturated heterocycles. The van der Waals surface area contributed by atoms with Gasteiger partial charge in [-0.15, -0.1) is 0 Å². The molecule has 0 bridgehead atoms. The van der Waals surface area contributed by atoms with Crippen LogP contribution in [0.25, 0.3) is 0 Å². The van der Waals surface area contributed by atoms with Gasteiger partial charge in [0.05, 0.1) is 6.61 Å². The van der Waals surface area contributed by atoms with Crippen LogP contribution >= 0.6 is 0 Å². The first-order valence-electron chi connectivity index (χ1n) is 7.31. The van der Waals surface area contributed by atoms with Gasteiger partial charge in [-0.05, 0) is 56.7 Å². The van der Waals surface area contributed by atoms with E-state index >= 15 is 0 Å².